The second kappa shape index (κ2) is 6.50. The second-order valence-corrected chi connectivity index (χ2v) is 7.03. The molecule has 3 rings (SSSR count). The Morgan fingerprint density at radius 3 is 2.48 bits per heavy atom. The van der Waals surface area contributed by atoms with Crippen LogP contribution in [0.15, 0.2) is 12.3 Å². The fourth-order valence-corrected chi connectivity index (χ4v) is 3.42. The number of hydrogen-bond donors (Lipinski definition) is 1. The molecule has 0 aliphatic carbocycles. The first kappa shape index (κ1) is 19.1. The molecule has 1 aliphatic rings. The van der Waals surface area contributed by atoms with Gasteiger partial charge in [0.2, 0.25) is 0 Å². The Morgan fingerprint density at radius 1 is 1.30 bits per heavy atom. The van der Waals surface area contributed by atoms with Gasteiger partial charge in [-0.1, -0.05) is 0 Å². The Hall–Kier alpha value is -2.65. The van der Waals surface area contributed by atoms with E-state index in [0.29, 0.717) is 16.7 Å². The summed E-state index contributed by atoms with van der Waals surface area (Å²) in [7, 11) is 0. The number of rotatable bonds is 3. The molecule has 0 saturated carbocycles. The van der Waals surface area contributed by atoms with Crippen molar-refractivity contribution in [2.75, 3.05) is 13.1 Å². The molecule has 146 valence electrons. The van der Waals surface area contributed by atoms with E-state index >= 15 is 0 Å². The topological polar surface area (TPSA) is 88.3 Å². The number of amides is 1. The third-order valence-electron chi connectivity index (χ3n) is 4.76. The number of carboxylic acids is 1. The number of nitrogens with zero attached hydrogens (tertiary/aromatic N) is 4. The number of hydrogen-bond acceptors (Lipinski definition) is 4. The fraction of sp³-hybridized carbons (Fsp3) is 0.529. The van der Waals surface area contributed by atoms with Gasteiger partial charge in [0.05, 0.1) is 29.0 Å². The SMILES string of the molecule is Cc1cc(C(=O)N2C[C@@H](C(F)(F)F)[C@H](C(=O)O)C2)c2cnn(C(C)C)c2n1. The summed E-state index contributed by atoms with van der Waals surface area (Å²) in [6.07, 6.45) is -3.23. The van der Waals surface area contributed by atoms with Crippen LogP contribution in [0.1, 0.15) is 35.9 Å². The van der Waals surface area contributed by atoms with Crippen molar-refractivity contribution in [1.82, 2.24) is 19.7 Å². The number of aliphatic carboxylic acids is 1. The fourth-order valence-electron chi connectivity index (χ4n) is 3.42. The number of carboxylic acid groups (broad SMARTS) is 1. The summed E-state index contributed by atoms with van der Waals surface area (Å²) in [6.45, 7) is 4.30. The van der Waals surface area contributed by atoms with Crippen molar-refractivity contribution < 1.29 is 27.9 Å². The zero-order chi connectivity index (χ0) is 20.1. The van der Waals surface area contributed by atoms with Crippen LogP contribution in [0.5, 0.6) is 0 Å². The Kier molecular flexibility index (Phi) is 4.61. The molecule has 2 aromatic heterocycles. The summed E-state index contributed by atoms with van der Waals surface area (Å²) >= 11 is 0. The first-order valence-corrected chi connectivity index (χ1v) is 8.44. The summed E-state index contributed by atoms with van der Waals surface area (Å²) < 4.78 is 41.2. The van der Waals surface area contributed by atoms with E-state index in [0.717, 1.165) is 4.90 Å². The van der Waals surface area contributed by atoms with Crippen molar-refractivity contribution in [1.29, 1.82) is 0 Å². The van der Waals surface area contributed by atoms with Gasteiger partial charge in [-0.25, -0.2) is 9.67 Å². The van der Waals surface area contributed by atoms with Crippen molar-refractivity contribution in [2.24, 2.45) is 11.8 Å². The van der Waals surface area contributed by atoms with Gasteiger partial charge < -0.3 is 10.0 Å². The quantitative estimate of drug-likeness (QED) is 0.879. The van der Waals surface area contributed by atoms with Crippen LogP contribution in [0.25, 0.3) is 11.0 Å². The molecule has 1 N–H and O–H groups in total. The molecule has 1 amide bonds. The number of aromatic nitrogens is 3. The van der Waals surface area contributed by atoms with E-state index in [4.69, 9.17) is 5.11 Å². The molecule has 2 aromatic rings. The van der Waals surface area contributed by atoms with Crippen molar-refractivity contribution in [3.8, 4) is 0 Å². The lowest BCUT2D eigenvalue weighted by Crippen LogP contribution is -2.34. The normalized spacial score (nSPS) is 20.6. The van der Waals surface area contributed by atoms with Crippen LogP contribution in [-0.4, -0.2) is 55.9 Å². The van der Waals surface area contributed by atoms with Crippen LogP contribution in [-0.2, 0) is 4.79 Å². The average molecular weight is 384 g/mol. The van der Waals surface area contributed by atoms with E-state index < -0.39 is 43.0 Å². The Balaban J connectivity index is 2.00. The van der Waals surface area contributed by atoms with E-state index in [1.807, 2.05) is 13.8 Å². The molecule has 1 aliphatic heterocycles. The van der Waals surface area contributed by atoms with Crippen LogP contribution in [0.3, 0.4) is 0 Å². The Labute approximate surface area is 152 Å². The summed E-state index contributed by atoms with van der Waals surface area (Å²) in [4.78, 5) is 29.5. The van der Waals surface area contributed by atoms with Gasteiger partial charge in [-0.3, -0.25) is 9.59 Å². The summed E-state index contributed by atoms with van der Waals surface area (Å²) in [5.41, 5.74) is 1.17. The van der Waals surface area contributed by atoms with Crippen LogP contribution in [0, 0.1) is 18.8 Å². The highest BCUT2D eigenvalue weighted by atomic mass is 19.4. The molecule has 0 bridgehead atoms. The predicted octanol–water partition coefficient (Wildman–Crippen LogP) is 2.66. The minimum absolute atomic E-state index is 0.0162. The third-order valence-corrected chi connectivity index (χ3v) is 4.76. The van der Waals surface area contributed by atoms with Gasteiger partial charge in [-0.05, 0) is 26.8 Å². The molecule has 7 nitrogen and oxygen atoms in total. The number of fused-ring (bicyclic) bond motifs is 1. The maximum atomic E-state index is 13.2. The minimum atomic E-state index is -4.69. The predicted molar refractivity (Wildman–Crippen MR) is 89.2 cm³/mol. The maximum absolute atomic E-state index is 13.2. The van der Waals surface area contributed by atoms with Crippen molar-refractivity contribution in [2.45, 2.75) is 33.0 Å². The molecule has 0 unspecified atom stereocenters. The van der Waals surface area contributed by atoms with Crippen molar-refractivity contribution >= 4 is 22.9 Å². The number of likely N-dealkylation sites (tertiary alicyclic amines) is 1. The Morgan fingerprint density at radius 2 is 1.96 bits per heavy atom. The molecule has 2 atom stereocenters. The van der Waals surface area contributed by atoms with Gasteiger partial charge in [0.15, 0.2) is 5.65 Å². The molecule has 3 heterocycles. The first-order chi connectivity index (χ1) is 12.5. The number of halogens is 3. The van der Waals surface area contributed by atoms with Gasteiger partial charge in [-0.2, -0.15) is 18.3 Å². The molecule has 0 spiro atoms. The summed E-state index contributed by atoms with van der Waals surface area (Å²) in [5.74, 6) is -5.97. The van der Waals surface area contributed by atoms with Crippen LogP contribution in [0.2, 0.25) is 0 Å². The van der Waals surface area contributed by atoms with E-state index in [-0.39, 0.29) is 11.6 Å². The van der Waals surface area contributed by atoms with Crippen molar-refractivity contribution in [3.05, 3.63) is 23.5 Å². The van der Waals surface area contributed by atoms with Gasteiger partial charge in [0.25, 0.3) is 5.91 Å². The average Bonchev–Trinajstić information content (AvgIpc) is 3.17. The van der Waals surface area contributed by atoms with Crippen LogP contribution in [0.4, 0.5) is 13.2 Å². The smallest absolute Gasteiger partial charge is 0.394 e. The maximum Gasteiger partial charge on any atom is 0.394 e. The van der Waals surface area contributed by atoms with E-state index in [2.05, 4.69) is 10.1 Å². The Bertz CT molecular complexity index is 907. The third kappa shape index (κ3) is 3.35. The van der Waals surface area contributed by atoms with Gasteiger partial charge >= 0.3 is 12.1 Å². The number of aryl methyl sites for hydroxylation is 1. The lowest BCUT2D eigenvalue weighted by atomic mass is 9.96. The lowest BCUT2D eigenvalue weighted by molar-refractivity contribution is -0.187. The van der Waals surface area contributed by atoms with Crippen LogP contribution >= 0.6 is 0 Å². The van der Waals surface area contributed by atoms with Crippen LogP contribution < -0.4 is 0 Å². The highest BCUT2D eigenvalue weighted by molar-refractivity contribution is 6.05. The summed E-state index contributed by atoms with van der Waals surface area (Å²) in [5, 5.41) is 13.8. The van der Waals surface area contributed by atoms with E-state index in [1.54, 1.807) is 11.6 Å². The second-order valence-electron chi connectivity index (χ2n) is 7.03. The largest absolute Gasteiger partial charge is 0.481 e. The number of pyridine rings is 1. The molecular weight excluding hydrogens is 365 g/mol. The standard InChI is InChI=1S/C17H19F3N4O3/c1-8(2)24-14-11(5-21-24)10(4-9(3)22-14)15(25)23-6-12(16(26)27)13(7-23)17(18,19)20/h4-5,8,12-13H,6-7H2,1-3H3,(H,26,27)/t12-,13-/m1/s1. The number of alkyl halides is 3. The molecule has 1 saturated heterocycles. The minimum Gasteiger partial charge on any atom is -0.481 e. The molecule has 10 heteroatoms. The first-order valence-electron chi connectivity index (χ1n) is 8.44. The molecular formula is C17H19F3N4O3. The molecule has 0 radical (unpaired) electrons. The zero-order valence-electron chi connectivity index (χ0n) is 15.0. The number of carbonyl (C=O) groups excluding carboxylic acids is 1. The highest BCUT2D eigenvalue weighted by Gasteiger charge is 2.53. The molecule has 27 heavy (non-hydrogen) atoms. The zero-order valence-corrected chi connectivity index (χ0v) is 15.0. The van der Waals surface area contributed by atoms with Gasteiger partial charge in [-0.15, -0.1) is 0 Å². The van der Waals surface area contributed by atoms with Crippen molar-refractivity contribution in [3.63, 3.8) is 0 Å². The highest BCUT2D eigenvalue weighted by Crippen LogP contribution is 2.38. The van der Waals surface area contributed by atoms with E-state index in [1.165, 1.54) is 12.3 Å². The monoisotopic (exact) mass is 384 g/mol. The van der Waals surface area contributed by atoms with Gasteiger partial charge in [0, 0.05) is 24.8 Å². The van der Waals surface area contributed by atoms with E-state index in [9.17, 15) is 22.8 Å². The number of carbonyl (C=O) groups is 2. The summed E-state index contributed by atoms with van der Waals surface area (Å²) in [6, 6.07) is 1.48. The lowest BCUT2D eigenvalue weighted by Gasteiger charge is -2.19. The molecule has 1 fully saturated rings. The van der Waals surface area contributed by atoms with Gasteiger partial charge in [0.1, 0.15) is 0 Å². The molecule has 0 aromatic carbocycles.